The first-order chi connectivity index (χ1) is 8.33. The molecule has 0 fully saturated rings. The summed E-state index contributed by atoms with van der Waals surface area (Å²) in [7, 11) is 0. The zero-order valence-corrected chi connectivity index (χ0v) is 11.6. The maximum absolute atomic E-state index is 13.7. The number of carbonyl (C=O) groups excluding carboxylic acids is 1. The van der Waals surface area contributed by atoms with Crippen LogP contribution in [-0.4, -0.2) is 12.5 Å². The van der Waals surface area contributed by atoms with Crippen molar-refractivity contribution >= 4 is 5.91 Å². The minimum Gasteiger partial charge on any atom is -0.355 e. The fourth-order valence-corrected chi connectivity index (χ4v) is 1.87. The summed E-state index contributed by atoms with van der Waals surface area (Å²) in [6.45, 7) is 8.31. The number of benzene rings is 1. The van der Waals surface area contributed by atoms with E-state index in [4.69, 9.17) is 0 Å². The van der Waals surface area contributed by atoms with Gasteiger partial charge >= 0.3 is 0 Å². The molecule has 0 radical (unpaired) electrons. The Balaban J connectivity index is 2.65. The Morgan fingerprint density at radius 2 is 1.94 bits per heavy atom. The van der Waals surface area contributed by atoms with Gasteiger partial charge in [0.1, 0.15) is 5.82 Å². The monoisotopic (exact) mass is 251 g/mol. The molecule has 0 aliphatic rings. The van der Waals surface area contributed by atoms with Gasteiger partial charge in [-0.25, -0.2) is 4.39 Å². The molecule has 1 aromatic carbocycles. The van der Waals surface area contributed by atoms with Gasteiger partial charge in [-0.15, -0.1) is 0 Å². The van der Waals surface area contributed by atoms with Gasteiger partial charge in [0.2, 0.25) is 5.91 Å². The standard InChI is InChI=1S/C15H22FNO/c1-11(2)9-14(18)17-10-15(3,4)12-7-5-6-8-13(12)16/h5-8,11H,9-10H2,1-4H3,(H,17,18). The second kappa shape index (κ2) is 5.98. The predicted molar refractivity (Wildman–Crippen MR) is 71.9 cm³/mol. The molecule has 0 heterocycles. The van der Waals surface area contributed by atoms with Crippen LogP contribution >= 0.6 is 0 Å². The predicted octanol–water partition coefficient (Wildman–Crippen LogP) is 3.27. The molecule has 0 aliphatic heterocycles. The molecular weight excluding hydrogens is 229 g/mol. The average Bonchev–Trinajstić information content (AvgIpc) is 2.26. The normalized spacial score (nSPS) is 11.7. The maximum atomic E-state index is 13.7. The maximum Gasteiger partial charge on any atom is 0.220 e. The second-order valence-corrected chi connectivity index (χ2v) is 5.74. The summed E-state index contributed by atoms with van der Waals surface area (Å²) in [5.74, 6) is 0.136. The lowest BCUT2D eigenvalue weighted by Gasteiger charge is -2.26. The Hall–Kier alpha value is -1.38. The number of hydrogen-bond donors (Lipinski definition) is 1. The molecule has 0 saturated heterocycles. The van der Waals surface area contributed by atoms with E-state index < -0.39 is 5.41 Å². The van der Waals surface area contributed by atoms with Crippen molar-refractivity contribution in [2.75, 3.05) is 6.54 Å². The molecule has 1 aromatic rings. The summed E-state index contributed by atoms with van der Waals surface area (Å²) >= 11 is 0. The molecule has 0 aliphatic carbocycles. The van der Waals surface area contributed by atoms with Crippen molar-refractivity contribution in [3.8, 4) is 0 Å². The third-order valence-corrected chi connectivity index (χ3v) is 2.92. The summed E-state index contributed by atoms with van der Waals surface area (Å²) in [5.41, 5.74) is 0.229. The van der Waals surface area contributed by atoms with E-state index in [1.165, 1.54) is 6.07 Å². The Bertz CT molecular complexity index is 413. The van der Waals surface area contributed by atoms with E-state index in [0.717, 1.165) is 0 Å². The van der Waals surface area contributed by atoms with E-state index >= 15 is 0 Å². The van der Waals surface area contributed by atoms with Crippen LogP contribution in [0.15, 0.2) is 24.3 Å². The molecule has 1 rings (SSSR count). The Kier molecular flexibility index (Phi) is 4.88. The van der Waals surface area contributed by atoms with Crippen LogP contribution in [0.5, 0.6) is 0 Å². The highest BCUT2D eigenvalue weighted by atomic mass is 19.1. The fraction of sp³-hybridized carbons (Fsp3) is 0.533. The highest BCUT2D eigenvalue weighted by molar-refractivity contribution is 5.76. The molecule has 100 valence electrons. The quantitative estimate of drug-likeness (QED) is 0.855. The van der Waals surface area contributed by atoms with E-state index in [2.05, 4.69) is 5.32 Å². The fourth-order valence-electron chi connectivity index (χ4n) is 1.87. The van der Waals surface area contributed by atoms with Gasteiger partial charge in [-0.2, -0.15) is 0 Å². The zero-order chi connectivity index (χ0) is 13.8. The van der Waals surface area contributed by atoms with Crippen LogP contribution in [0, 0.1) is 11.7 Å². The van der Waals surface area contributed by atoms with Gasteiger partial charge in [-0.1, -0.05) is 45.9 Å². The molecule has 0 bridgehead atoms. The highest BCUT2D eigenvalue weighted by Crippen LogP contribution is 2.24. The van der Waals surface area contributed by atoms with Crippen LogP contribution in [0.25, 0.3) is 0 Å². The third-order valence-electron chi connectivity index (χ3n) is 2.92. The van der Waals surface area contributed by atoms with E-state index in [0.29, 0.717) is 24.4 Å². The van der Waals surface area contributed by atoms with Crippen molar-refractivity contribution in [3.05, 3.63) is 35.6 Å². The van der Waals surface area contributed by atoms with Crippen LogP contribution in [-0.2, 0) is 10.2 Å². The number of halogens is 1. The van der Waals surface area contributed by atoms with Crippen molar-refractivity contribution in [1.82, 2.24) is 5.32 Å². The van der Waals surface area contributed by atoms with Crippen molar-refractivity contribution < 1.29 is 9.18 Å². The van der Waals surface area contributed by atoms with Gasteiger partial charge in [0, 0.05) is 18.4 Å². The zero-order valence-electron chi connectivity index (χ0n) is 11.6. The third kappa shape index (κ3) is 4.13. The topological polar surface area (TPSA) is 29.1 Å². The first kappa shape index (κ1) is 14.7. The average molecular weight is 251 g/mol. The molecule has 0 atom stereocenters. The SMILES string of the molecule is CC(C)CC(=O)NCC(C)(C)c1ccccc1F. The van der Waals surface area contributed by atoms with Crippen LogP contribution in [0.1, 0.15) is 39.7 Å². The van der Waals surface area contributed by atoms with Gasteiger partial charge in [0.15, 0.2) is 0 Å². The number of nitrogens with one attached hydrogen (secondary N) is 1. The lowest BCUT2D eigenvalue weighted by molar-refractivity contribution is -0.122. The Labute approximate surface area is 109 Å². The van der Waals surface area contributed by atoms with Gasteiger partial charge in [-0.05, 0) is 17.5 Å². The van der Waals surface area contributed by atoms with Crippen molar-refractivity contribution in [1.29, 1.82) is 0 Å². The lowest BCUT2D eigenvalue weighted by atomic mass is 9.84. The van der Waals surface area contributed by atoms with E-state index in [1.54, 1.807) is 12.1 Å². The van der Waals surface area contributed by atoms with E-state index in [9.17, 15) is 9.18 Å². The molecule has 0 aromatic heterocycles. The summed E-state index contributed by atoms with van der Waals surface area (Å²) in [6.07, 6.45) is 0.507. The van der Waals surface area contributed by atoms with E-state index in [-0.39, 0.29) is 11.7 Å². The first-order valence-electron chi connectivity index (χ1n) is 6.34. The molecule has 18 heavy (non-hydrogen) atoms. The molecule has 0 unspecified atom stereocenters. The minimum atomic E-state index is -0.405. The lowest BCUT2D eigenvalue weighted by Crippen LogP contribution is -2.37. The number of rotatable bonds is 5. The molecule has 0 saturated carbocycles. The number of carbonyl (C=O) groups is 1. The molecule has 3 heteroatoms. The first-order valence-corrected chi connectivity index (χ1v) is 6.34. The molecular formula is C15H22FNO. The Morgan fingerprint density at radius 1 is 1.33 bits per heavy atom. The smallest absolute Gasteiger partial charge is 0.220 e. The van der Waals surface area contributed by atoms with Crippen molar-refractivity contribution in [2.45, 2.75) is 39.5 Å². The van der Waals surface area contributed by atoms with Gasteiger partial charge in [-0.3, -0.25) is 4.79 Å². The summed E-state index contributed by atoms with van der Waals surface area (Å²) < 4.78 is 13.7. The van der Waals surface area contributed by atoms with Crippen molar-refractivity contribution in [2.24, 2.45) is 5.92 Å². The van der Waals surface area contributed by atoms with Crippen LogP contribution in [0.4, 0.5) is 4.39 Å². The van der Waals surface area contributed by atoms with Gasteiger partial charge < -0.3 is 5.32 Å². The van der Waals surface area contributed by atoms with Crippen molar-refractivity contribution in [3.63, 3.8) is 0 Å². The van der Waals surface area contributed by atoms with Gasteiger partial charge in [0.25, 0.3) is 0 Å². The van der Waals surface area contributed by atoms with Gasteiger partial charge in [0.05, 0.1) is 0 Å². The second-order valence-electron chi connectivity index (χ2n) is 5.74. The summed E-state index contributed by atoms with van der Waals surface area (Å²) in [4.78, 5) is 11.6. The van der Waals surface area contributed by atoms with E-state index in [1.807, 2.05) is 33.8 Å². The van der Waals surface area contributed by atoms with Crippen LogP contribution in [0.2, 0.25) is 0 Å². The highest BCUT2D eigenvalue weighted by Gasteiger charge is 2.24. The Morgan fingerprint density at radius 3 is 2.50 bits per heavy atom. The number of hydrogen-bond acceptors (Lipinski definition) is 1. The molecule has 1 amide bonds. The summed E-state index contributed by atoms with van der Waals surface area (Å²) in [5, 5.41) is 2.87. The molecule has 2 nitrogen and oxygen atoms in total. The molecule has 0 spiro atoms. The van der Waals surface area contributed by atoms with Crippen LogP contribution < -0.4 is 5.32 Å². The van der Waals surface area contributed by atoms with Crippen LogP contribution in [0.3, 0.4) is 0 Å². The number of amides is 1. The summed E-state index contributed by atoms with van der Waals surface area (Å²) in [6, 6.07) is 6.71. The molecule has 1 N–H and O–H groups in total. The minimum absolute atomic E-state index is 0.0226. The largest absolute Gasteiger partial charge is 0.355 e.